The minimum absolute atomic E-state index is 0.000000000000000444. The van der Waals surface area contributed by atoms with E-state index in [0.717, 1.165) is 0 Å². The number of anilines is 3. The van der Waals surface area contributed by atoms with Gasteiger partial charge >= 0.3 is 0 Å². The van der Waals surface area contributed by atoms with E-state index in [-0.39, 0.29) is 17.7 Å². The Morgan fingerprint density at radius 1 is 1.25 bits per heavy atom. The quantitative estimate of drug-likeness (QED) is 0.418. The molecule has 0 radical (unpaired) electrons. The van der Waals surface area contributed by atoms with Gasteiger partial charge in [-0.25, -0.2) is 0 Å². The van der Waals surface area contributed by atoms with Gasteiger partial charge in [0.2, 0.25) is 5.88 Å². The first-order valence-corrected chi connectivity index (χ1v) is 1.97. The van der Waals surface area contributed by atoms with E-state index in [0.29, 0.717) is 0 Å². The van der Waals surface area contributed by atoms with Crippen LogP contribution in [-0.2, 0) is 0 Å². The van der Waals surface area contributed by atoms with Crippen LogP contribution in [0, 0.1) is 0 Å². The van der Waals surface area contributed by atoms with Gasteiger partial charge in [-0.3, -0.25) is 0 Å². The first-order chi connectivity index (χ1) is 3.70. The average Bonchev–Trinajstić information content (AvgIpc) is 1.85. The second kappa shape index (κ2) is 1.29. The van der Waals surface area contributed by atoms with Crippen molar-refractivity contribution in [2.45, 2.75) is 0 Å². The molecule has 1 aromatic rings. The van der Waals surface area contributed by atoms with Crippen LogP contribution in [0.25, 0.3) is 0 Å². The SMILES string of the molecule is Nc1nc(N)c(N)o1. The van der Waals surface area contributed by atoms with E-state index >= 15 is 0 Å². The highest BCUT2D eigenvalue weighted by molar-refractivity contribution is 5.52. The van der Waals surface area contributed by atoms with Crippen molar-refractivity contribution in [2.24, 2.45) is 0 Å². The van der Waals surface area contributed by atoms with Crippen molar-refractivity contribution < 1.29 is 4.42 Å². The van der Waals surface area contributed by atoms with Crippen molar-refractivity contribution in [3.05, 3.63) is 0 Å². The Morgan fingerprint density at radius 2 is 1.88 bits per heavy atom. The van der Waals surface area contributed by atoms with Crippen LogP contribution in [0.4, 0.5) is 17.7 Å². The van der Waals surface area contributed by atoms with Crippen LogP contribution in [0.1, 0.15) is 0 Å². The minimum atomic E-state index is 0.000000000000000444. The molecule has 1 rings (SSSR count). The van der Waals surface area contributed by atoms with Gasteiger partial charge in [0.05, 0.1) is 0 Å². The Labute approximate surface area is 45.5 Å². The van der Waals surface area contributed by atoms with Crippen molar-refractivity contribution in [3.63, 3.8) is 0 Å². The summed E-state index contributed by atoms with van der Waals surface area (Å²) in [5.41, 5.74) is 15.3. The molecule has 8 heavy (non-hydrogen) atoms. The van der Waals surface area contributed by atoms with Crippen molar-refractivity contribution in [2.75, 3.05) is 17.2 Å². The normalized spacial score (nSPS) is 9.50. The van der Waals surface area contributed by atoms with Crippen LogP contribution in [-0.4, -0.2) is 4.98 Å². The van der Waals surface area contributed by atoms with Crippen LogP contribution >= 0.6 is 0 Å². The number of nitrogens with two attached hydrogens (primary N) is 3. The van der Waals surface area contributed by atoms with Crippen molar-refractivity contribution in [1.82, 2.24) is 4.98 Å². The molecular weight excluding hydrogens is 108 g/mol. The average molecular weight is 114 g/mol. The molecule has 5 heteroatoms. The third-order valence-corrected chi connectivity index (χ3v) is 0.698. The fraction of sp³-hybridized carbons (Fsp3) is 0. The van der Waals surface area contributed by atoms with Gasteiger partial charge in [-0.2, -0.15) is 4.98 Å². The maximum Gasteiger partial charge on any atom is 0.295 e. The van der Waals surface area contributed by atoms with E-state index in [1.165, 1.54) is 0 Å². The van der Waals surface area contributed by atoms with E-state index < -0.39 is 0 Å². The molecule has 0 atom stereocenters. The van der Waals surface area contributed by atoms with Gasteiger partial charge in [0.15, 0.2) is 5.82 Å². The molecule has 0 unspecified atom stereocenters. The highest BCUT2D eigenvalue weighted by Crippen LogP contribution is 2.14. The number of aromatic nitrogens is 1. The standard InChI is InChI=1S/C3H6N4O/c4-1-2(5)8-3(6)7-1/h4-5H2,(H2,6,7). The number of hydrogen-bond acceptors (Lipinski definition) is 5. The summed E-state index contributed by atoms with van der Waals surface area (Å²) in [5, 5.41) is 0. The largest absolute Gasteiger partial charge is 0.405 e. The number of nitrogens with zero attached hydrogens (tertiary/aromatic N) is 1. The van der Waals surface area contributed by atoms with Gasteiger partial charge < -0.3 is 21.6 Å². The summed E-state index contributed by atoms with van der Waals surface area (Å²) in [5.74, 6) is 0.213. The molecule has 0 fully saturated rings. The second-order valence-corrected chi connectivity index (χ2v) is 1.30. The molecule has 0 spiro atoms. The lowest BCUT2D eigenvalue weighted by Gasteiger charge is -1.78. The van der Waals surface area contributed by atoms with E-state index in [1.54, 1.807) is 0 Å². The molecule has 44 valence electrons. The molecule has 5 nitrogen and oxygen atoms in total. The van der Waals surface area contributed by atoms with Crippen molar-refractivity contribution in [1.29, 1.82) is 0 Å². The Bertz CT molecular complexity index is 174. The fourth-order valence-electron chi connectivity index (χ4n) is 0.362. The van der Waals surface area contributed by atoms with Gasteiger partial charge in [0.1, 0.15) is 0 Å². The molecule has 0 aliphatic carbocycles. The van der Waals surface area contributed by atoms with Gasteiger partial charge in [-0.05, 0) is 0 Å². The molecule has 1 aromatic heterocycles. The Hall–Kier alpha value is -1.39. The topological polar surface area (TPSA) is 104 Å². The highest BCUT2D eigenvalue weighted by Gasteiger charge is 2.00. The summed E-state index contributed by atoms with van der Waals surface area (Å²) >= 11 is 0. The molecule has 1 heterocycles. The predicted molar refractivity (Wildman–Crippen MR) is 29.7 cm³/mol. The second-order valence-electron chi connectivity index (χ2n) is 1.30. The molecule has 0 aliphatic heterocycles. The molecular formula is C3H6N4O. The van der Waals surface area contributed by atoms with E-state index in [4.69, 9.17) is 17.2 Å². The predicted octanol–water partition coefficient (Wildman–Crippen LogP) is -0.579. The Kier molecular flexibility index (Phi) is 0.768. The Morgan fingerprint density at radius 3 is 2.00 bits per heavy atom. The smallest absolute Gasteiger partial charge is 0.295 e. The molecule has 0 saturated heterocycles. The Balaban J connectivity index is 3.14. The lowest BCUT2D eigenvalue weighted by atomic mass is 10.7. The number of rotatable bonds is 0. The lowest BCUT2D eigenvalue weighted by molar-refractivity contribution is 0.600. The van der Waals surface area contributed by atoms with Gasteiger partial charge in [-0.1, -0.05) is 0 Å². The molecule has 0 aromatic carbocycles. The summed E-state index contributed by atoms with van der Waals surface area (Å²) in [6, 6.07) is 0.000000000000000444. The maximum absolute atomic E-state index is 5.13. The monoisotopic (exact) mass is 114 g/mol. The molecule has 0 bridgehead atoms. The van der Waals surface area contributed by atoms with Crippen LogP contribution in [0.15, 0.2) is 4.42 Å². The van der Waals surface area contributed by atoms with Crippen molar-refractivity contribution >= 4 is 17.7 Å². The van der Waals surface area contributed by atoms with E-state index in [1.807, 2.05) is 0 Å². The first kappa shape index (κ1) is 4.76. The third-order valence-electron chi connectivity index (χ3n) is 0.698. The fourth-order valence-corrected chi connectivity index (χ4v) is 0.362. The van der Waals surface area contributed by atoms with Gasteiger partial charge in [-0.15, -0.1) is 0 Å². The zero-order valence-corrected chi connectivity index (χ0v) is 4.09. The zero-order chi connectivity index (χ0) is 6.15. The van der Waals surface area contributed by atoms with Gasteiger partial charge in [0, 0.05) is 0 Å². The highest BCUT2D eigenvalue weighted by atomic mass is 16.4. The minimum Gasteiger partial charge on any atom is -0.405 e. The van der Waals surface area contributed by atoms with Crippen LogP contribution in [0.2, 0.25) is 0 Å². The number of hydrogen-bond donors (Lipinski definition) is 3. The molecule has 0 aliphatic rings. The maximum atomic E-state index is 5.13. The third kappa shape index (κ3) is 0.534. The molecule has 0 saturated carbocycles. The van der Waals surface area contributed by atoms with Crippen LogP contribution in [0.3, 0.4) is 0 Å². The van der Waals surface area contributed by atoms with Crippen molar-refractivity contribution in [3.8, 4) is 0 Å². The first-order valence-electron chi connectivity index (χ1n) is 1.97. The van der Waals surface area contributed by atoms with Gasteiger partial charge in [0.25, 0.3) is 6.01 Å². The van der Waals surface area contributed by atoms with Crippen LogP contribution < -0.4 is 17.2 Å². The summed E-state index contributed by atoms with van der Waals surface area (Å²) in [6.45, 7) is 0. The van der Waals surface area contributed by atoms with Crippen LogP contribution in [0.5, 0.6) is 0 Å². The molecule has 6 N–H and O–H groups in total. The summed E-state index contributed by atoms with van der Waals surface area (Å²) in [4.78, 5) is 3.47. The number of nitrogen functional groups attached to an aromatic ring is 3. The number of oxazole rings is 1. The molecule has 0 amide bonds. The van der Waals surface area contributed by atoms with E-state index in [9.17, 15) is 0 Å². The summed E-state index contributed by atoms with van der Waals surface area (Å²) in [6.07, 6.45) is 0. The van der Waals surface area contributed by atoms with E-state index in [2.05, 4.69) is 9.40 Å². The summed E-state index contributed by atoms with van der Waals surface area (Å²) in [7, 11) is 0. The zero-order valence-electron chi connectivity index (χ0n) is 4.09. The summed E-state index contributed by atoms with van der Waals surface area (Å²) < 4.78 is 4.53. The lowest BCUT2D eigenvalue weighted by Crippen LogP contribution is -1.90.